The molecule has 0 aliphatic carbocycles. The van der Waals surface area contributed by atoms with Crippen LogP contribution in [-0.2, 0) is 9.59 Å². The quantitative estimate of drug-likeness (QED) is 0.641. The third-order valence-corrected chi connectivity index (χ3v) is 5.59. The molecule has 0 saturated carbocycles. The highest BCUT2D eigenvalue weighted by Gasteiger charge is 2.43. The molecule has 2 amide bonds. The van der Waals surface area contributed by atoms with Gasteiger partial charge in [0.15, 0.2) is 0 Å². The Bertz CT molecular complexity index is 992. The van der Waals surface area contributed by atoms with Gasteiger partial charge in [-0.2, -0.15) is 0 Å². The Morgan fingerprint density at radius 2 is 1.57 bits per heavy atom. The van der Waals surface area contributed by atoms with Crippen molar-refractivity contribution in [3.8, 4) is 5.75 Å². The molecule has 2 aliphatic heterocycles. The molecule has 2 aromatic carbocycles. The number of halogens is 1. The molecule has 0 N–H and O–H groups in total. The van der Waals surface area contributed by atoms with Crippen LogP contribution in [0.15, 0.2) is 54.2 Å². The van der Waals surface area contributed by atoms with Crippen molar-refractivity contribution in [1.82, 2.24) is 4.90 Å². The number of piperidine rings is 1. The topological polar surface area (TPSA) is 49.9 Å². The molecule has 5 nitrogen and oxygen atoms in total. The number of carbonyl (C=O) groups excluding carboxylic acids is 2. The summed E-state index contributed by atoms with van der Waals surface area (Å²) in [5.41, 5.74) is 2.07. The SMILES string of the molecule is CC(C)Oc1ccccc1N1C(=O)C(c2ccc(Cl)cc2)=C(N2CCCCC2)C1=O. The molecule has 1 fully saturated rings. The Morgan fingerprint density at radius 3 is 2.23 bits per heavy atom. The first-order chi connectivity index (χ1) is 14.5. The van der Waals surface area contributed by atoms with E-state index < -0.39 is 0 Å². The Labute approximate surface area is 181 Å². The molecular weight excluding hydrogens is 400 g/mol. The zero-order chi connectivity index (χ0) is 21.3. The van der Waals surface area contributed by atoms with Gasteiger partial charge in [-0.1, -0.05) is 35.9 Å². The van der Waals surface area contributed by atoms with Gasteiger partial charge < -0.3 is 9.64 Å². The van der Waals surface area contributed by atoms with E-state index >= 15 is 0 Å². The van der Waals surface area contributed by atoms with Gasteiger partial charge >= 0.3 is 0 Å². The molecule has 0 bridgehead atoms. The van der Waals surface area contributed by atoms with Crippen molar-refractivity contribution >= 4 is 34.7 Å². The van der Waals surface area contributed by atoms with Crippen LogP contribution < -0.4 is 9.64 Å². The molecule has 0 radical (unpaired) electrons. The predicted octanol–water partition coefficient (Wildman–Crippen LogP) is 4.90. The normalized spacial score (nSPS) is 17.3. The molecular formula is C24H25ClN2O3. The number of amides is 2. The number of rotatable bonds is 5. The second-order valence-corrected chi connectivity index (χ2v) is 8.29. The molecule has 2 heterocycles. The average Bonchev–Trinajstić information content (AvgIpc) is 2.99. The monoisotopic (exact) mass is 424 g/mol. The minimum Gasteiger partial charge on any atom is -0.489 e. The van der Waals surface area contributed by atoms with Crippen molar-refractivity contribution in [2.45, 2.75) is 39.2 Å². The van der Waals surface area contributed by atoms with Crippen molar-refractivity contribution in [1.29, 1.82) is 0 Å². The predicted molar refractivity (Wildman–Crippen MR) is 118 cm³/mol. The molecule has 4 rings (SSSR count). The fraction of sp³-hybridized carbons (Fsp3) is 0.333. The van der Waals surface area contributed by atoms with Crippen LogP contribution in [0, 0.1) is 0 Å². The van der Waals surface area contributed by atoms with Crippen molar-refractivity contribution in [2.24, 2.45) is 0 Å². The third-order valence-electron chi connectivity index (χ3n) is 5.33. The molecule has 2 aliphatic rings. The molecule has 2 aromatic rings. The second-order valence-electron chi connectivity index (χ2n) is 7.86. The largest absolute Gasteiger partial charge is 0.489 e. The van der Waals surface area contributed by atoms with Gasteiger partial charge in [-0.05, 0) is 62.9 Å². The van der Waals surface area contributed by atoms with Gasteiger partial charge in [0.2, 0.25) is 0 Å². The summed E-state index contributed by atoms with van der Waals surface area (Å²) >= 11 is 6.06. The van der Waals surface area contributed by atoms with Gasteiger partial charge in [-0.25, -0.2) is 4.90 Å². The summed E-state index contributed by atoms with van der Waals surface area (Å²) in [7, 11) is 0. The van der Waals surface area contributed by atoms with E-state index in [1.54, 1.807) is 36.4 Å². The van der Waals surface area contributed by atoms with E-state index in [0.717, 1.165) is 32.4 Å². The maximum atomic E-state index is 13.6. The number of benzene rings is 2. The second kappa shape index (κ2) is 8.52. The van der Waals surface area contributed by atoms with E-state index in [9.17, 15) is 9.59 Å². The third kappa shape index (κ3) is 3.82. The van der Waals surface area contributed by atoms with Crippen LogP contribution in [0.5, 0.6) is 5.75 Å². The highest BCUT2D eigenvalue weighted by Crippen LogP contribution is 2.39. The summed E-state index contributed by atoms with van der Waals surface area (Å²) < 4.78 is 5.90. The molecule has 0 aromatic heterocycles. The minimum atomic E-state index is -0.331. The fourth-order valence-electron chi connectivity index (χ4n) is 4.02. The lowest BCUT2D eigenvalue weighted by Gasteiger charge is -2.29. The van der Waals surface area contributed by atoms with Crippen LogP contribution in [0.3, 0.4) is 0 Å². The lowest BCUT2D eigenvalue weighted by atomic mass is 10.0. The standard InChI is InChI=1S/C24H25ClN2O3/c1-16(2)30-20-9-5-4-8-19(20)27-23(28)21(17-10-12-18(25)13-11-17)22(24(27)29)26-14-6-3-7-15-26/h4-5,8-13,16H,3,6-7,14-15H2,1-2H3. The van der Waals surface area contributed by atoms with Crippen LogP contribution in [0.4, 0.5) is 5.69 Å². The van der Waals surface area contributed by atoms with Crippen LogP contribution >= 0.6 is 11.6 Å². The van der Waals surface area contributed by atoms with Crippen molar-refractivity contribution in [3.05, 3.63) is 64.8 Å². The highest BCUT2D eigenvalue weighted by molar-refractivity contribution is 6.45. The molecule has 0 spiro atoms. The summed E-state index contributed by atoms with van der Waals surface area (Å²) in [6.07, 6.45) is 3.07. The molecule has 0 atom stereocenters. The number of anilines is 1. The van der Waals surface area contributed by atoms with Crippen LogP contribution in [0.25, 0.3) is 5.57 Å². The number of carbonyl (C=O) groups is 2. The first kappa shape index (κ1) is 20.5. The van der Waals surface area contributed by atoms with Crippen LogP contribution in [0.1, 0.15) is 38.7 Å². The minimum absolute atomic E-state index is 0.0794. The first-order valence-electron chi connectivity index (χ1n) is 10.4. The average molecular weight is 425 g/mol. The van der Waals surface area contributed by atoms with Gasteiger partial charge in [0.05, 0.1) is 17.4 Å². The number of hydrogen-bond acceptors (Lipinski definition) is 4. The lowest BCUT2D eigenvalue weighted by Crippen LogP contribution is -2.37. The van der Waals surface area contributed by atoms with Crippen molar-refractivity contribution in [2.75, 3.05) is 18.0 Å². The Balaban J connectivity index is 1.82. The zero-order valence-corrected chi connectivity index (χ0v) is 18.0. The number of hydrogen-bond donors (Lipinski definition) is 0. The van der Waals surface area contributed by atoms with Gasteiger partial charge in [-0.15, -0.1) is 0 Å². The Morgan fingerprint density at radius 1 is 0.900 bits per heavy atom. The van der Waals surface area contributed by atoms with E-state index in [1.807, 2.05) is 26.0 Å². The smallest absolute Gasteiger partial charge is 0.282 e. The summed E-state index contributed by atoms with van der Waals surface area (Å²) in [5, 5.41) is 0.586. The maximum absolute atomic E-state index is 13.6. The molecule has 6 heteroatoms. The number of likely N-dealkylation sites (tertiary alicyclic amines) is 1. The number of para-hydroxylation sites is 2. The molecule has 156 valence electrons. The Kier molecular flexibility index (Phi) is 5.82. The van der Waals surface area contributed by atoms with E-state index in [1.165, 1.54) is 4.90 Å². The summed E-state index contributed by atoms with van der Waals surface area (Å²) in [6.45, 7) is 5.37. The fourth-order valence-corrected chi connectivity index (χ4v) is 4.15. The van der Waals surface area contributed by atoms with E-state index in [2.05, 4.69) is 4.90 Å². The van der Waals surface area contributed by atoms with Gasteiger partial charge in [0.1, 0.15) is 11.4 Å². The van der Waals surface area contributed by atoms with Crippen molar-refractivity contribution < 1.29 is 14.3 Å². The van der Waals surface area contributed by atoms with Gasteiger partial charge in [0, 0.05) is 18.1 Å². The number of ether oxygens (including phenoxy) is 1. The van der Waals surface area contributed by atoms with Gasteiger partial charge in [-0.3, -0.25) is 9.59 Å². The van der Waals surface area contributed by atoms with Crippen LogP contribution in [-0.4, -0.2) is 35.9 Å². The maximum Gasteiger partial charge on any atom is 0.282 e. The van der Waals surface area contributed by atoms with Crippen molar-refractivity contribution in [3.63, 3.8) is 0 Å². The van der Waals surface area contributed by atoms with E-state index in [-0.39, 0.29) is 17.9 Å². The summed E-state index contributed by atoms with van der Waals surface area (Å²) in [6, 6.07) is 14.3. The summed E-state index contributed by atoms with van der Waals surface area (Å²) in [4.78, 5) is 30.6. The molecule has 1 saturated heterocycles. The molecule has 30 heavy (non-hydrogen) atoms. The summed E-state index contributed by atoms with van der Waals surface area (Å²) in [5.74, 6) is -0.112. The van der Waals surface area contributed by atoms with E-state index in [4.69, 9.17) is 16.3 Å². The zero-order valence-electron chi connectivity index (χ0n) is 17.2. The molecule has 0 unspecified atom stereocenters. The van der Waals surface area contributed by atoms with E-state index in [0.29, 0.717) is 33.3 Å². The Hall–Kier alpha value is -2.79. The highest BCUT2D eigenvalue weighted by atomic mass is 35.5. The first-order valence-corrected chi connectivity index (χ1v) is 10.7. The van der Waals surface area contributed by atoms with Gasteiger partial charge in [0.25, 0.3) is 11.8 Å². The van der Waals surface area contributed by atoms with Crippen LogP contribution in [0.2, 0.25) is 5.02 Å². The number of imide groups is 1. The lowest BCUT2D eigenvalue weighted by molar-refractivity contribution is -0.120. The number of nitrogens with zero attached hydrogens (tertiary/aromatic N) is 2.